The maximum Gasteiger partial charge on any atom is 0.156 e. The van der Waals surface area contributed by atoms with Crippen molar-refractivity contribution in [1.82, 2.24) is 4.98 Å². The van der Waals surface area contributed by atoms with E-state index in [4.69, 9.17) is 33.2 Å². The zero-order valence-electron chi connectivity index (χ0n) is 8.29. The summed E-state index contributed by atoms with van der Waals surface area (Å²) in [4.78, 5) is 3.94. The number of nitriles is 1. The molecule has 0 N–H and O–H groups in total. The zero-order valence-corrected chi connectivity index (χ0v) is 9.80. The van der Waals surface area contributed by atoms with Crippen molar-refractivity contribution in [3.05, 3.63) is 34.1 Å². The molecule has 0 saturated heterocycles. The van der Waals surface area contributed by atoms with Crippen LogP contribution in [0.3, 0.4) is 0 Å². The highest BCUT2D eigenvalue weighted by molar-refractivity contribution is 6.41. The zero-order chi connectivity index (χ0) is 11.7. The molecule has 0 unspecified atom stereocenters. The second-order valence-corrected chi connectivity index (χ2v) is 3.89. The lowest BCUT2D eigenvalue weighted by Crippen LogP contribution is -1.90. The van der Waals surface area contributed by atoms with Crippen LogP contribution in [0.1, 0.15) is 5.56 Å². The van der Waals surface area contributed by atoms with Crippen LogP contribution in [0.5, 0.6) is 5.75 Å². The number of aromatic nitrogens is 1. The van der Waals surface area contributed by atoms with E-state index in [0.717, 1.165) is 5.39 Å². The van der Waals surface area contributed by atoms with Gasteiger partial charge >= 0.3 is 0 Å². The monoisotopic (exact) mass is 252 g/mol. The highest BCUT2D eigenvalue weighted by atomic mass is 35.5. The van der Waals surface area contributed by atoms with Crippen molar-refractivity contribution in [2.45, 2.75) is 0 Å². The van der Waals surface area contributed by atoms with Gasteiger partial charge in [0, 0.05) is 23.2 Å². The van der Waals surface area contributed by atoms with E-state index in [9.17, 15) is 0 Å². The first-order chi connectivity index (χ1) is 7.69. The smallest absolute Gasteiger partial charge is 0.156 e. The fourth-order valence-electron chi connectivity index (χ4n) is 1.52. The maximum absolute atomic E-state index is 8.97. The van der Waals surface area contributed by atoms with E-state index in [1.807, 2.05) is 6.07 Å². The van der Waals surface area contributed by atoms with Crippen LogP contribution in [0, 0.1) is 11.3 Å². The predicted molar refractivity (Wildman–Crippen MR) is 63.0 cm³/mol. The Hall–Kier alpha value is -1.50. The molecule has 0 spiro atoms. The van der Waals surface area contributed by atoms with E-state index in [1.165, 1.54) is 13.3 Å². The Morgan fingerprint density at radius 3 is 2.75 bits per heavy atom. The molecule has 0 aliphatic heterocycles. The van der Waals surface area contributed by atoms with Gasteiger partial charge in [-0.15, -0.1) is 0 Å². The summed E-state index contributed by atoms with van der Waals surface area (Å²) >= 11 is 12.1. The number of methoxy groups -OCH3 is 1. The van der Waals surface area contributed by atoms with E-state index in [-0.39, 0.29) is 0 Å². The Kier molecular flexibility index (Phi) is 2.86. The molecule has 0 saturated carbocycles. The maximum atomic E-state index is 8.97. The second kappa shape index (κ2) is 4.17. The topological polar surface area (TPSA) is 45.9 Å². The molecule has 16 heavy (non-hydrogen) atoms. The molecule has 0 aliphatic rings. The van der Waals surface area contributed by atoms with E-state index < -0.39 is 0 Å². The third kappa shape index (κ3) is 1.57. The molecule has 2 rings (SSSR count). The average molecular weight is 253 g/mol. The lowest BCUT2D eigenvalue weighted by Gasteiger charge is -2.09. The Morgan fingerprint density at radius 1 is 1.38 bits per heavy atom. The molecular formula is C11H6Cl2N2O. The summed E-state index contributed by atoms with van der Waals surface area (Å²) < 4.78 is 5.09. The lowest BCUT2D eigenvalue weighted by molar-refractivity contribution is 0.416. The van der Waals surface area contributed by atoms with Gasteiger partial charge in [0.1, 0.15) is 6.07 Å². The van der Waals surface area contributed by atoms with E-state index in [1.54, 1.807) is 12.3 Å². The van der Waals surface area contributed by atoms with Gasteiger partial charge in [0.05, 0.1) is 22.7 Å². The van der Waals surface area contributed by atoms with Crippen LogP contribution < -0.4 is 4.74 Å². The van der Waals surface area contributed by atoms with Gasteiger partial charge < -0.3 is 4.74 Å². The molecule has 0 amide bonds. The molecule has 0 aliphatic carbocycles. The van der Waals surface area contributed by atoms with Gasteiger partial charge in [-0.05, 0) is 6.07 Å². The fraction of sp³-hybridized carbons (Fsp3) is 0.0909. The van der Waals surface area contributed by atoms with Crippen LogP contribution in [0.15, 0.2) is 18.5 Å². The van der Waals surface area contributed by atoms with Crippen molar-refractivity contribution in [1.29, 1.82) is 5.26 Å². The fourth-order valence-corrected chi connectivity index (χ4v) is 2.25. The third-order valence-electron chi connectivity index (χ3n) is 2.22. The summed E-state index contributed by atoms with van der Waals surface area (Å²) in [5.41, 5.74) is 0.400. The van der Waals surface area contributed by atoms with Crippen LogP contribution in [0.25, 0.3) is 10.8 Å². The van der Waals surface area contributed by atoms with Gasteiger partial charge in [-0.2, -0.15) is 5.26 Å². The second-order valence-electron chi connectivity index (χ2n) is 3.10. The number of ether oxygens (including phenoxy) is 1. The van der Waals surface area contributed by atoms with Crippen molar-refractivity contribution in [3.8, 4) is 11.8 Å². The van der Waals surface area contributed by atoms with E-state index in [2.05, 4.69) is 4.98 Å². The first-order valence-corrected chi connectivity index (χ1v) is 5.14. The number of halogens is 2. The Labute approximate surface area is 102 Å². The molecule has 5 heteroatoms. The largest absolute Gasteiger partial charge is 0.494 e. The van der Waals surface area contributed by atoms with Crippen molar-refractivity contribution in [2.24, 2.45) is 0 Å². The summed E-state index contributed by atoms with van der Waals surface area (Å²) in [5.74, 6) is 0.374. The van der Waals surface area contributed by atoms with Crippen molar-refractivity contribution >= 4 is 34.0 Å². The van der Waals surface area contributed by atoms with Gasteiger partial charge in [0.2, 0.25) is 0 Å². The minimum Gasteiger partial charge on any atom is -0.494 e. The van der Waals surface area contributed by atoms with Gasteiger partial charge in [-0.25, -0.2) is 0 Å². The predicted octanol–water partition coefficient (Wildman–Crippen LogP) is 3.42. The molecule has 0 radical (unpaired) electrons. The number of rotatable bonds is 1. The summed E-state index contributed by atoms with van der Waals surface area (Å²) in [7, 11) is 1.48. The quantitative estimate of drug-likeness (QED) is 0.782. The molecule has 0 fully saturated rings. The first kappa shape index (κ1) is 11.0. The highest BCUT2D eigenvalue weighted by Gasteiger charge is 2.14. The minimum atomic E-state index is 0.337. The average Bonchev–Trinajstić information content (AvgIpc) is 2.28. The molecule has 3 nitrogen and oxygen atoms in total. The van der Waals surface area contributed by atoms with E-state index >= 15 is 0 Å². The first-order valence-electron chi connectivity index (χ1n) is 4.39. The molecule has 2 aromatic rings. The molecule has 1 aromatic carbocycles. The molecule has 80 valence electrons. The van der Waals surface area contributed by atoms with E-state index in [0.29, 0.717) is 26.7 Å². The van der Waals surface area contributed by atoms with Crippen LogP contribution in [0.2, 0.25) is 10.0 Å². The summed E-state index contributed by atoms with van der Waals surface area (Å²) in [6, 6.07) is 3.71. The number of benzene rings is 1. The van der Waals surface area contributed by atoms with Gasteiger partial charge in [0.15, 0.2) is 5.75 Å². The standard InChI is InChI=1S/C11H6Cl2N2O/c1-16-11-8(12)2-6-4-15-5-7(3-14)9(6)10(11)13/h2,4-5H,1H3. The van der Waals surface area contributed by atoms with Crippen molar-refractivity contribution in [3.63, 3.8) is 0 Å². The summed E-state index contributed by atoms with van der Waals surface area (Å²) in [6.07, 6.45) is 3.06. The summed E-state index contributed by atoms with van der Waals surface area (Å²) in [5, 5.41) is 11.0. The minimum absolute atomic E-state index is 0.337. The molecule has 0 bridgehead atoms. The number of fused-ring (bicyclic) bond motifs is 1. The molecule has 1 aromatic heterocycles. The molecule has 0 atom stereocenters. The lowest BCUT2D eigenvalue weighted by atomic mass is 10.1. The Balaban J connectivity index is 2.96. The normalized spacial score (nSPS) is 10.1. The van der Waals surface area contributed by atoms with Crippen molar-refractivity contribution in [2.75, 3.05) is 7.11 Å². The number of hydrogen-bond donors (Lipinski definition) is 0. The van der Waals surface area contributed by atoms with Crippen LogP contribution in [-0.4, -0.2) is 12.1 Å². The highest BCUT2D eigenvalue weighted by Crippen LogP contribution is 2.39. The van der Waals surface area contributed by atoms with Gasteiger partial charge in [-0.3, -0.25) is 4.98 Å². The number of nitrogens with zero attached hydrogens (tertiary/aromatic N) is 2. The van der Waals surface area contributed by atoms with Crippen molar-refractivity contribution < 1.29 is 4.74 Å². The molecular weight excluding hydrogens is 247 g/mol. The van der Waals surface area contributed by atoms with Crippen LogP contribution in [0.4, 0.5) is 0 Å². The van der Waals surface area contributed by atoms with Crippen LogP contribution in [-0.2, 0) is 0 Å². The third-order valence-corrected chi connectivity index (χ3v) is 2.86. The Bertz CT molecular complexity index is 605. The van der Waals surface area contributed by atoms with Gasteiger partial charge in [-0.1, -0.05) is 23.2 Å². The summed E-state index contributed by atoms with van der Waals surface area (Å²) in [6.45, 7) is 0. The SMILES string of the molecule is COc1c(Cl)cc2cncc(C#N)c2c1Cl. The number of pyridine rings is 1. The Morgan fingerprint density at radius 2 is 2.12 bits per heavy atom. The number of hydrogen-bond acceptors (Lipinski definition) is 3. The van der Waals surface area contributed by atoms with Crippen LogP contribution >= 0.6 is 23.2 Å². The van der Waals surface area contributed by atoms with Gasteiger partial charge in [0.25, 0.3) is 0 Å². The molecule has 1 heterocycles.